The Morgan fingerprint density at radius 2 is 1.76 bits per heavy atom. The first-order valence-corrected chi connectivity index (χ1v) is 11.8. The van der Waals surface area contributed by atoms with Crippen molar-refractivity contribution in [2.75, 3.05) is 11.1 Å². The molecular formula is C26H21ClN4OS. The maximum atomic E-state index is 13.0. The van der Waals surface area contributed by atoms with Gasteiger partial charge >= 0.3 is 0 Å². The van der Waals surface area contributed by atoms with E-state index >= 15 is 0 Å². The Morgan fingerprint density at radius 1 is 1.03 bits per heavy atom. The lowest BCUT2D eigenvalue weighted by molar-refractivity contribution is -0.115. The van der Waals surface area contributed by atoms with E-state index in [2.05, 4.69) is 11.4 Å². The number of aromatic nitrogens is 2. The molecule has 1 aromatic heterocycles. The topological polar surface area (TPSA) is 70.7 Å². The van der Waals surface area contributed by atoms with Gasteiger partial charge in [0, 0.05) is 39.4 Å². The molecule has 0 aliphatic carbocycles. The number of nitriles is 1. The molecule has 1 N–H and O–H groups in total. The number of benzene rings is 3. The number of carbonyl (C=O) groups is 1. The summed E-state index contributed by atoms with van der Waals surface area (Å²) in [6.07, 6.45) is 2.52. The van der Waals surface area contributed by atoms with Crippen LogP contribution in [0, 0.1) is 11.3 Å². The number of hydrogen-bond acceptors (Lipinski definition) is 4. The summed E-state index contributed by atoms with van der Waals surface area (Å²) in [7, 11) is 0. The van der Waals surface area contributed by atoms with E-state index in [1.54, 1.807) is 16.4 Å². The molecule has 0 fully saturated rings. The Balaban J connectivity index is 1.60. The average molecular weight is 473 g/mol. The van der Waals surface area contributed by atoms with Crippen LogP contribution in [0.15, 0.2) is 90.0 Å². The zero-order chi connectivity index (χ0) is 23.0. The fourth-order valence-electron chi connectivity index (χ4n) is 3.37. The molecule has 0 spiro atoms. The van der Waals surface area contributed by atoms with Gasteiger partial charge in [0.15, 0.2) is 0 Å². The highest BCUT2D eigenvalue weighted by Gasteiger charge is 2.16. The van der Waals surface area contributed by atoms with Gasteiger partial charge in [-0.05, 0) is 36.4 Å². The maximum absolute atomic E-state index is 13.0. The number of anilines is 1. The standard InChI is InChI=1S/C26H21ClN4OS/c27-21-13-11-19(12-14-21)26-20(18-31(30-26)22-7-2-1-3-8-22)17-25(32)29-23-9-4-5-10-24(23)33-16-6-15-28/h1-5,7-14,18H,6,16-17H2,(H,29,32). The molecule has 1 heterocycles. The van der Waals surface area contributed by atoms with E-state index in [0.29, 0.717) is 17.2 Å². The van der Waals surface area contributed by atoms with Gasteiger partial charge in [-0.25, -0.2) is 4.68 Å². The Morgan fingerprint density at radius 3 is 2.52 bits per heavy atom. The van der Waals surface area contributed by atoms with Crippen LogP contribution in [0.1, 0.15) is 12.0 Å². The summed E-state index contributed by atoms with van der Waals surface area (Å²) in [6.45, 7) is 0. The zero-order valence-electron chi connectivity index (χ0n) is 17.7. The van der Waals surface area contributed by atoms with Crippen LogP contribution in [-0.4, -0.2) is 21.4 Å². The first-order valence-electron chi connectivity index (χ1n) is 10.4. The second-order valence-corrected chi connectivity index (χ2v) is 8.84. The molecule has 1 amide bonds. The van der Waals surface area contributed by atoms with Crippen LogP contribution in [0.25, 0.3) is 16.9 Å². The molecule has 0 saturated heterocycles. The van der Waals surface area contributed by atoms with Crippen molar-refractivity contribution in [2.45, 2.75) is 17.7 Å². The van der Waals surface area contributed by atoms with Crippen molar-refractivity contribution < 1.29 is 4.79 Å². The summed E-state index contributed by atoms with van der Waals surface area (Å²) < 4.78 is 1.79. The van der Waals surface area contributed by atoms with Crippen LogP contribution in [0.3, 0.4) is 0 Å². The predicted octanol–water partition coefficient (Wildman–Crippen LogP) is 6.38. The highest BCUT2D eigenvalue weighted by atomic mass is 35.5. The SMILES string of the molecule is N#CCCSc1ccccc1NC(=O)Cc1cn(-c2ccccc2)nc1-c1ccc(Cl)cc1. The van der Waals surface area contributed by atoms with E-state index in [1.807, 2.05) is 85.1 Å². The van der Waals surface area contributed by atoms with Gasteiger partial charge in [0.25, 0.3) is 0 Å². The zero-order valence-corrected chi connectivity index (χ0v) is 19.3. The number of halogens is 1. The molecule has 0 aliphatic heterocycles. The van der Waals surface area contributed by atoms with Gasteiger partial charge in [-0.3, -0.25) is 4.79 Å². The molecule has 4 rings (SSSR count). The lowest BCUT2D eigenvalue weighted by Crippen LogP contribution is -2.15. The highest BCUT2D eigenvalue weighted by Crippen LogP contribution is 2.29. The van der Waals surface area contributed by atoms with Crippen molar-refractivity contribution in [3.63, 3.8) is 0 Å². The number of hydrogen-bond donors (Lipinski definition) is 1. The number of nitrogens with one attached hydrogen (secondary N) is 1. The van der Waals surface area contributed by atoms with Crippen molar-refractivity contribution in [3.05, 3.63) is 95.6 Å². The summed E-state index contributed by atoms with van der Waals surface area (Å²) in [5, 5.41) is 17.2. The summed E-state index contributed by atoms with van der Waals surface area (Å²) in [5.41, 5.74) is 4.10. The fraction of sp³-hybridized carbons (Fsp3) is 0.115. The summed E-state index contributed by atoms with van der Waals surface area (Å²) in [4.78, 5) is 14.0. The highest BCUT2D eigenvalue weighted by molar-refractivity contribution is 7.99. The van der Waals surface area contributed by atoms with E-state index in [9.17, 15) is 4.79 Å². The van der Waals surface area contributed by atoms with Crippen LogP contribution < -0.4 is 5.32 Å². The Bertz CT molecular complexity index is 1280. The quantitative estimate of drug-likeness (QED) is 0.238. The summed E-state index contributed by atoms with van der Waals surface area (Å²) in [5.74, 6) is 0.541. The van der Waals surface area contributed by atoms with Gasteiger partial charge < -0.3 is 5.32 Å². The van der Waals surface area contributed by atoms with E-state index in [4.69, 9.17) is 22.0 Å². The maximum Gasteiger partial charge on any atom is 0.228 e. The number of nitrogens with zero attached hydrogens (tertiary/aromatic N) is 3. The van der Waals surface area contributed by atoms with Gasteiger partial charge in [-0.2, -0.15) is 10.4 Å². The number of carbonyl (C=O) groups excluding carboxylic acids is 1. The lowest BCUT2D eigenvalue weighted by Gasteiger charge is -2.10. The van der Waals surface area contributed by atoms with Crippen molar-refractivity contribution in [2.24, 2.45) is 0 Å². The molecule has 0 saturated carbocycles. The third-order valence-corrected chi connectivity index (χ3v) is 6.24. The first-order chi connectivity index (χ1) is 16.1. The molecule has 0 radical (unpaired) electrons. The van der Waals surface area contributed by atoms with E-state index < -0.39 is 0 Å². The first kappa shape index (κ1) is 22.7. The average Bonchev–Trinajstić information content (AvgIpc) is 3.25. The fourth-order valence-corrected chi connectivity index (χ4v) is 4.36. The Hall–Kier alpha value is -3.53. The van der Waals surface area contributed by atoms with Crippen LogP contribution in [0.4, 0.5) is 5.69 Å². The Kier molecular flexibility index (Phi) is 7.46. The number of rotatable bonds is 8. The van der Waals surface area contributed by atoms with Gasteiger partial charge in [0.05, 0.1) is 29.6 Å². The van der Waals surface area contributed by atoms with Gasteiger partial charge in [-0.1, -0.05) is 54.1 Å². The molecule has 0 aliphatic rings. The smallest absolute Gasteiger partial charge is 0.228 e. The predicted molar refractivity (Wildman–Crippen MR) is 134 cm³/mol. The third-order valence-electron chi connectivity index (χ3n) is 4.91. The van der Waals surface area contributed by atoms with E-state index in [1.165, 1.54) is 0 Å². The molecule has 0 unspecified atom stereocenters. The molecule has 3 aromatic carbocycles. The normalized spacial score (nSPS) is 10.5. The monoisotopic (exact) mass is 472 g/mol. The molecule has 0 bridgehead atoms. The number of thioether (sulfide) groups is 1. The molecule has 4 aromatic rings. The molecule has 164 valence electrons. The molecule has 33 heavy (non-hydrogen) atoms. The third kappa shape index (κ3) is 5.83. The van der Waals surface area contributed by atoms with Gasteiger partial charge in [0.2, 0.25) is 5.91 Å². The minimum absolute atomic E-state index is 0.133. The second-order valence-electron chi connectivity index (χ2n) is 7.27. The van der Waals surface area contributed by atoms with Crippen molar-refractivity contribution >= 4 is 35.0 Å². The van der Waals surface area contributed by atoms with Crippen molar-refractivity contribution in [1.82, 2.24) is 9.78 Å². The van der Waals surface area contributed by atoms with Crippen molar-refractivity contribution in [3.8, 4) is 23.0 Å². The molecule has 7 heteroatoms. The van der Waals surface area contributed by atoms with E-state index in [0.717, 1.165) is 33.1 Å². The molecule has 0 atom stereocenters. The minimum atomic E-state index is -0.133. The largest absolute Gasteiger partial charge is 0.325 e. The van der Waals surface area contributed by atoms with Gasteiger partial charge in [-0.15, -0.1) is 11.8 Å². The summed E-state index contributed by atoms with van der Waals surface area (Å²) in [6, 6.07) is 27.0. The van der Waals surface area contributed by atoms with Crippen LogP contribution in [0.5, 0.6) is 0 Å². The van der Waals surface area contributed by atoms with Crippen LogP contribution >= 0.6 is 23.4 Å². The summed E-state index contributed by atoms with van der Waals surface area (Å²) >= 11 is 7.62. The van der Waals surface area contributed by atoms with Crippen molar-refractivity contribution in [1.29, 1.82) is 5.26 Å². The lowest BCUT2D eigenvalue weighted by atomic mass is 10.1. The Labute approximate surface area is 202 Å². The van der Waals surface area contributed by atoms with Crippen LogP contribution in [-0.2, 0) is 11.2 Å². The second kappa shape index (κ2) is 10.9. The van der Waals surface area contributed by atoms with Gasteiger partial charge in [0.1, 0.15) is 0 Å². The molecule has 5 nitrogen and oxygen atoms in total. The number of para-hydroxylation sites is 2. The minimum Gasteiger partial charge on any atom is -0.325 e. The number of amides is 1. The van der Waals surface area contributed by atoms with Crippen LogP contribution in [0.2, 0.25) is 5.02 Å². The molecular weight excluding hydrogens is 452 g/mol. The van der Waals surface area contributed by atoms with E-state index in [-0.39, 0.29) is 12.3 Å².